The van der Waals surface area contributed by atoms with Gasteiger partial charge < -0.3 is 15.9 Å². The van der Waals surface area contributed by atoms with E-state index >= 15 is 0 Å². The quantitative estimate of drug-likeness (QED) is 0.385. The van der Waals surface area contributed by atoms with Gasteiger partial charge in [-0.2, -0.15) is 13.2 Å². The zero-order chi connectivity index (χ0) is 18.1. The lowest BCUT2D eigenvalue weighted by atomic mass is 9.94. The molecule has 3 N–H and O–H groups in total. The molecule has 0 spiro atoms. The summed E-state index contributed by atoms with van der Waals surface area (Å²) in [6, 6.07) is 4.61. The number of nitrogen functional groups attached to an aromatic ring is 1. The van der Waals surface area contributed by atoms with E-state index in [-0.39, 0.29) is 27.9 Å². The van der Waals surface area contributed by atoms with Crippen LogP contribution >= 0.6 is 0 Å². The normalized spacial score (nSPS) is 11.2. The average Bonchev–Trinajstić information content (AvgIpc) is 2.52. The molecule has 24 heavy (non-hydrogen) atoms. The molecule has 0 aliphatic heterocycles. The minimum Gasteiger partial charge on any atom is -0.465 e. The Kier molecular flexibility index (Phi) is 4.59. The third-order valence-corrected chi connectivity index (χ3v) is 3.36. The summed E-state index contributed by atoms with van der Waals surface area (Å²) in [5.41, 5.74) is 3.68. The number of rotatable bonds is 3. The highest BCUT2D eigenvalue weighted by molar-refractivity contribution is 5.96. The summed E-state index contributed by atoms with van der Waals surface area (Å²) >= 11 is 0. The molecule has 0 saturated carbocycles. The number of esters is 1. The number of benzene rings is 2. The van der Waals surface area contributed by atoms with Gasteiger partial charge in [-0.3, -0.25) is 0 Å². The van der Waals surface area contributed by atoms with Crippen molar-refractivity contribution in [2.75, 3.05) is 12.8 Å². The summed E-state index contributed by atoms with van der Waals surface area (Å²) in [6.07, 6.45) is -3.93. The zero-order valence-electron chi connectivity index (χ0n) is 12.4. The summed E-state index contributed by atoms with van der Waals surface area (Å²) < 4.78 is 57.6. The maximum absolute atomic E-state index is 14.3. The Balaban J connectivity index is 2.69. The van der Waals surface area contributed by atoms with Crippen molar-refractivity contribution in [2.24, 2.45) is 0 Å². The van der Waals surface area contributed by atoms with E-state index in [0.717, 1.165) is 25.5 Å². The van der Waals surface area contributed by atoms with Crippen molar-refractivity contribution >= 4 is 17.9 Å². The van der Waals surface area contributed by atoms with E-state index in [1.807, 2.05) is 0 Å². The number of hydrogen-bond acceptors (Lipinski definition) is 4. The van der Waals surface area contributed by atoms with Gasteiger partial charge in [0.2, 0.25) is 0 Å². The van der Waals surface area contributed by atoms with Crippen molar-refractivity contribution in [1.82, 2.24) is 0 Å². The monoisotopic (exact) mass is 340 g/mol. The predicted molar refractivity (Wildman–Crippen MR) is 80.5 cm³/mol. The SMILES string of the molecule is COC(=O)c1ccc(-c2cc(C(F)(F)F)cc(N)c2C=N)c(F)c1. The molecule has 2 aromatic carbocycles. The topological polar surface area (TPSA) is 76.2 Å². The van der Waals surface area contributed by atoms with E-state index in [1.54, 1.807) is 0 Å². The molecule has 4 nitrogen and oxygen atoms in total. The Morgan fingerprint density at radius 2 is 1.88 bits per heavy atom. The molecule has 126 valence electrons. The number of nitrogens with two attached hydrogens (primary N) is 1. The smallest absolute Gasteiger partial charge is 0.416 e. The van der Waals surface area contributed by atoms with Gasteiger partial charge in [-0.05, 0) is 29.8 Å². The molecule has 0 unspecified atom stereocenters. The second-order valence-electron chi connectivity index (χ2n) is 4.86. The summed E-state index contributed by atoms with van der Waals surface area (Å²) in [6.45, 7) is 0. The second kappa shape index (κ2) is 6.31. The summed E-state index contributed by atoms with van der Waals surface area (Å²) in [5, 5.41) is 7.33. The van der Waals surface area contributed by atoms with Crippen LogP contribution in [0.25, 0.3) is 11.1 Å². The Hall–Kier alpha value is -2.90. The molecule has 0 aliphatic carbocycles. The molecule has 0 amide bonds. The van der Waals surface area contributed by atoms with E-state index in [4.69, 9.17) is 11.1 Å². The van der Waals surface area contributed by atoms with Gasteiger partial charge in [0.15, 0.2) is 0 Å². The van der Waals surface area contributed by atoms with Gasteiger partial charge in [-0.25, -0.2) is 9.18 Å². The van der Waals surface area contributed by atoms with Crippen molar-refractivity contribution in [2.45, 2.75) is 6.18 Å². The molecule has 2 rings (SSSR count). The number of anilines is 1. The molecule has 0 atom stereocenters. The van der Waals surface area contributed by atoms with E-state index in [1.165, 1.54) is 6.07 Å². The number of alkyl halides is 3. The van der Waals surface area contributed by atoms with Crippen LogP contribution in [0, 0.1) is 11.2 Å². The number of carbonyl (C=O) groups excluding carboxylic acids is 1. The van der Waals surface area contributed by atoms with Crippen molar-refractivity contribution in [3.05, 3.63) is 52.8 Å². The lowest BCUT2D eigenvalue weighted by molar-refractivity contribution is -0.137. The first-order chi connectivity index (χ1) is 11.2. The number of methoxy groups -OCH3 is 1. The van der Waals surface area contributed by atoms with Crippen LogP contribution in [0.3, 0.4) is 0 Å². The average molecular weight is 340 g/mol. The first-order valence-corrected chi connectivity index (χ1v) is 6.58. The van der Waals surface area contributed by atoms with Gasteiger partial charge in [-0.1, -0.05) is 6.07 Å². The molecule has 0 heterocycles. The van der Waals surface area contributed by atoms with Crippen LogP contribution < -0.4 is 5.73 Å². The van der Waals surface area contributed by atoms with Gasteiger partial charge in [0.25, 0.3) is 0 Å². The third-order valence-electron chi connectivity index (χ3n) is 3.36. The Morgan fingerprint density at radius 1 is 1.21 bits per heavy atom. The van der Waals surface area contributed by atoms with E-state index < -0.39 is 23.5 Å². The van der Waals surface area contributed by atoms with Crippen LogP contribution in [0.4, 0.5) is 23.2 Å². The number of carbonyl (C=O) groups is 1. The van der Waals surface area contributed by atoms with E-state index in [0.29, 0.717) is 12.1 Å². The van der Waals surface area contributed by atoms with Crippen molar-refractivity contribution in [3.63, 3.8) is 0 Å². The van der Waals surface area contributed by atoms with Crippen LogP contribution in [-0.4, -0.2) is 19.3 Å². The maximum Gasteiger partial charge on any atom is 0.416 e. The van der Waals surface area contributed by atoms with Crippen molar-refractivity contribution in [1.29, 1.82) is 5.41 Å². The van der Waals surface area contributed by atoms with E-state index in [9.17, 15) is 22.4 Å². The zero-order valence-corrected chi connectivity index (χ0v) is 12.4. The summed E-state index contributed by atoms with van der Waals surface area (Å²) in [5.74, 6) is -1.71. The van der Waals surface area contributed by atoms with Gasteiger partial charge >= 0.3 is 12.1 Å². The number of halogens is 4. The molecular weight excluding hydrogens is 328 g/mol. The highest BCUT2D eigenvalue weighted by atomic mass is 19.4. The van der Waals surface area contributed by atoms with Gasteiger partial charge in [0.05, 0.1) is 18.2 Å². The highest BCUT2D eigenvalue weighted by Crippen LogP contribution is 2.37. The lowest BCUT2D eigenvalue weighted by Gasteiger charge is -2.15. The van der Waals surface area contributed by atoms with Crippen molar-refractivity contribution in [3.8, 4) is 11.1 Å². The first-order valence-electron chi connectivity index (χ1n) is 6.58. The van der Waals surface area contributed by atoms with Crippen LogP contribution in [0.1, 0.15) is 21.5 Å². The van der Waals surface area contributed by atoms with Crippen LogP contribution in [0.5, 0.6) is 0 Å². The van der Waals surface area contributed by atoms with E-state index in [2.05, 4.69) is 4.74 Å². The number of nitrogens with one attached hydrogen (secondary N) is 1. The summed E-state index contributed by atoms with van der Waals surface area (Å²) in [7, 11) is 1.12. The molecule has 2 aromatic rings. The highest BCUT2D eigenvalue weighted by Gasteiger charge is 2.32. The molecule has 0 fully saturated rings. The number of ether oxygens (including phenoxy) is 1. The Labute approximate surface area is 134 Å². The number of hydrogen-bond donors (Lipinski definition) is 2. The molecule has 0 aliphatic rings. The maximum atomic E-state index is 14.3. The largest absolute Gasteiger partial charge is 0.465 e. The molecule has 0 aromatic heterocycles. The lowest BCUT2D eigenvalue weighted by Crippen LogP contribution is -2.09. The molecule has 0 bridgehead atoms. The Bertz CT molecular complexity index is 816. The first kappa shape index (κ1) is 17.5. The van der Waals surface area contributed by atoms with Crippen LogP contribution in [0.15, 0.2) is 30.3 Å². The molecule has 0 radical (unpaired) electrons. The van der Waals surface area contributed by atoms with Gasteiger partial charge in [0, 0.05) is 23.0 Å². The van der Waals surface area contributed by atoms with Crippen LogP contribution in [-0.2, 0) is 10.9 Å². The Morgan fingerprint density at radius 3 is 2.38 bits per heavy atom. The fraction of sp³-hybridized carbons (Fsp3) is 0.125. The fourth-order valence-electron chi connectivity index (χ4n) is 2.20. The minimum atomic E-state index is -4.67. The van der Waals surface area contributed by atoms with Gasteiger partial charge in [-0.15, -0.1) is 0 Å². The van der Waals surface area contributed by atoms with Crippen LogP contribution in [0.2, 0.25) is 0 Å². The predicted octanol–water partition coefficient (Wildman–Crippen LogP) is 3.88. The van der Waals surface area contributed by atoms with Gasteiger partial charge in [0.1, 0.15) is 5.82 Å². The molecule has 0 saturated heterocycles. The minimum absolute atomic E-state index is 0.0484. The fourth-order valence-corrected chi connectivity index (χ4v) is 2.20. The molecular formula is C16H12F4N2O2. The third kappa shape index (κ3) is 3.22. The summed E-state index contributed by atoms with van der Waals surface area (Å²) in [4.78, 5) is 11.4. The second-order valence-corrected chi connectivity index (χ2v) is 4.86. The van der Waals surface area contributed by atoms with Crippen molar-refractivity contribution < 1.29 is 27.1 Å². The molecule has 8 heteroatoms. The standard InChI is InChI=1S/C16H12F4N2O2/c1-24-15(23)8-2-3-10(13(17)4-8)11-5-9(16(18,19)20)6-14(22)12(11)7-21/h2-7,21H,22H2,1H3.